The lowest BCUT2D eigenvalue weighted by molar-refractivity contribution is -0.140. The van der Waals surface area contributed by atoms with Gasteiger partial charge in [0.2, 0.25) is 0 Å². The molecule has 0 aliphatic rings. The summed E-state index contributed by atoms with van der Waals surface area (Å²) in [4.78, 5) is 62.7. The van der Waals surface area contributed by atoms with Gasteiger partial charge in [0, 0.05) is 5.92 Å². The lowest BCUT2D eigenvalue weighted by atomic mass is 9.81. The van der Waals surface area contributed by atoms with E-state index in [1.54, 1.807) is 85.7 Å². The second kappa shape index (κ2) is 16.3. The van der Waals surface area contributed by atoms with Crippen LogP contribution < -0.4 is 14.8 Å². The summed E-state index contributed by atoms with van der Waals surface area (Å²) in [5, 5.41) is 12.6. The molecule has 2 rings (SSSR count). The quantitative estimate of drug-likeness (QED) is 0.157. The Bertz CT molecular complexity index is 1330. The highest BCUT2D eigenvalue weighted by Gasteiger charge is 2.37. The standard InChI is InChI=1S/C32H41NO12/c1-18(2)41-30(38)43-23-15-14-22(16-24(23)44-31(39)42-19(3)4)25(26(27(34)35)33-29(37)45-32(6,7)8)20(5)17-40-28(36)21-12-10-9-11-13-21/h9-16,18-20,25-26H,17H2,1-8H3,(H,33,37)(H,34,35)/t20?,25?,26-/m0/s1. The second-order valence-electron chi connectivity index (χ2n) is 11.7. The van der Waals surface area contributed by atoms with E-state index < -0.39 is 66.0 Å². The normalized spacial score (nSPS) is 13.2. The van der Waals surface area contributed by atoms with Crippen LogP contribution >= 0.6 is 0 Å². The Balaban J connectivity index is 2.57. The summed E-state index contributed by atoms with van der Waals surface area (Å²) < 4.78 is 31.4. The summed E-state index contributed by atoms with van der Waals surface area (Å²) in [6, 6.07) is 10.6. The SMILES string of the molecule is CC(C)OC(=O)Oc1ccc(C(C(C)COC(=O)c2ccccc2)[C@H](NC(=O)OC(C)(C)C)C(=O)O)cc1OC(=O)OC(C)C. The first-order valence-corrected chi connectivity index (χ1v) is 14.3. The molecule has 0 spiro atoms. The molecular formula is C32H41NO12. The molecule has 2 N–H and O–H groups in total. The molecule has 13 heteroatoms. The van der Waals surface area contributed by atoms with Crippen molar-refractivity contribution < 1.29 is 57.5 Å². The predicted molar refractivity (Wildman–Crippen MR) is 160 cm³/mol. The minimum atomic E-state index is -1.61. The zero-order valence-electron chi connectivity index (χ0n) is 26.7. The number of alkyl carbamates (subject to hydrolysis) is 1. The molecule has 2 unspecified atom stereocenters. The molecule has 0 bridgehead atoms. The molecule has 3 atom stereocenters. The van der Waals surface area contributed by atoms with Crippen LogP contribution in [-0.4, -0.2) is 65.9 Å². The highest BCUT2D eigenvalue weighted by molar-refractivity contribution is 5.89. The molecule has 0 heterocycles. The number of aliphatic carboxylic acids is 1. The van der Waals surface area contributed by atoms with Gasteiger partial charge in [0.15, 0.2) is 11.5 Å². The largest absolute Gasteiger partial charge is 0.514 e. The van der Waals surface area contributed by atoms with Gasteiger partial charge in [-0.3, -0.25) is 0 Å². The number of ether oxygens (including phenoxy) is 6. The van der Waals surface area contributed by atoms with Crippen molar-refractivity contribution in [1.29, 1.82) is 0 Å². The molecule has 0 fully saturated rings. The van der Waals surface area contributed by atoms with Gasteiger partial charge in [0.25, 0.3) is 0 Å². The van der Waals surface area contributed by atoms with Crippen LogP contribution in [0.5, 0.6) is 11.5 Å². The zero-order chi connectivity index (χ0) is 33.9. The van der Waals surface area contributed by atoms with Gasteiger partial charge in [0.05, 0.1) is 24.4 Å². The third-order valence-electron chi connectivity index (χ3n) is 5.80. The molecule has 0 saturated heterocycles. The highest BCUT2D eigenvalue weighted by Crippen LogP contribution is 2.37. The van der Waals surface area contributed by atoms with Gasteiger partial charge in [-0.2, -0.15) is 0 Å². The molecule has 0 aliphatic heterocycles. The number of carboxylic acid groups (broad SMARTS) is 1. The van der Waals surface area contributed by atoms with E-state index in [-0.39, 0.29) is 29.2 Å². The second-order valence-corrected chi connectivity index (χ2v) is 11.7. The van der Waals surface area contributed by atoms with Gasteiger partial charge in [0.1, 0.15) is 11.6 Å². The topological polar surface area (TPSA) is 173 Å². The first-order valence-electron chi connectivity index (χ1n) is 14.3. The molecule has 13 nitrogen and oxygen atoms in total. The number of carbonyl (C=O) groups is 5. The average Bonchev–Trinajstić information content (AvgIpc) is 2.91. The van der Waals surface area contributed by atoms with Crippen LogP contribution in [0.4, 0.5) is 14.4 Å². The maximum absolute atomic E-state index is 12.7. The number of carbonyl (C=O) groups excluding carboxylic acids is 4. The van der Waals surface area contributed by atoms with Crippen molar-refractivity contribution in [2.75, 3.05) is 6.61 Å². The first kappa shape index (κ1) is 36.4. The van der Waals surface area contributed by atoms with E-state index in [4.69, 9.17) is 28.4 Å². The van der Waals surface area contributed by atoms with E-state index in [1.807, 2.05) is 0 Å². The molecule has 246 valence electrons. The smallest absolute Gasteiger partial charge is 0.480 e. The summed E-state index contributed by atoms with van der Waals surface area (Å²) in [7, 11) is 0. The monoisotopic (exact) mass is 631 g/mol. The van der Waals surface area contributed by atoms with Crippen LogP contribution in [0.2, 0.25) is 0 Å². The predicted octanol–water partition coefficient (Wildman–Crippen LogP) is 6.09. The molecule has 0 aliphatic carbocycles. The number of rotatable bonds is 12. The van der Waals surface area contributed by atoms with Crippen molar-refractivity contribution in [1.82, 2.24) is 5.32 Å². The zero-order valence-corrected chi connectivity index (χ0v) is 26.7. The fraction of sp³-hybridized carbons (Fsp3) is 0.469. The molecule has 1 amide bonds. The Labute approximate surface area is 262 Å². The Morgan fingerprint density at radius 3 is 1.87 bits per heavy atom. The van der Waals surface area contributed by atoms with E-state index >= 15 is 0 Å². The molecule has 2 aromatic rings. The number of amides is 1. The van der Waals surface area contributed by atoms with E-state index in [0.29, 0.717) is 0 Å². The Hall–Kier alpha value is -4.81. The van der Waals surface area contributed by atoms with Gasteiger partial charge < -0.3 is 38.8 Å². The maximum Gasteiger partial charge on any atom is 0.514 e. The maximum atomic E-state index is 12.7. The molecule has 0 radical (unpaired) electrons. The van der Waals surface area contributed by atoms with Gasteiger partial charge in [-0.1, -0.05) is 31.2 Å². The fourth-order valence-electron chi connectivity index (χ4n) is 4.07. The summed E-state index contributed by atoms with van der Waals surface area (Å²) in [5.74, 6) is -4.42. The number of benzene rings is 2. The van der Waals surface area contributed by atoms with Crippen LogP contribution in [0.1, 0.15) is 77.2 Å². The van der Waals surface area contributed by atoms with E-state index in [0.717, 1.165) is 0 Å². The van der Waals surface area contributed by atoms with Crippen LogP contribution in [0.25, 0.3) is 0 Å². The Kier molecular flexibility index (Phi) is 13.2. The Morgan fingerprint density at radius 2 is 1.36 bits per heavy atom. The number of hydrogen-bond donors (Lipinski definition) is 2. The summed E-state index contributed by atoms with van der Waals surface area (Å²) >= 11 is 0. The van der Waals surface area contributed by atoms with Crippen molar-refractivity contribution in [3.63, 3.8) is 0 Å². The summed E-state index contributed by atoms with van der Waals surface area (Å²) in [6.07, 6.45) is -4.25. The van der Waals surface area contributed by atoms with Crippen LogP contribution in [0, 0.1) is 5.92 Å². The molecule has 2 aromatic carbocycles. The number of nitrogens with one attached hydrogen (secondary N) is 1. The van der Waals surface area contributed by atoms with Crippen LogP contribution in [0.3, 0.4) is 0 Å². The molecule has 45 heavy (non-hydrogen) atoms. The minimum Gasteiger partial charge on any atom is -0.480 e. The number of esters is 1. The van der Waals surface area contributed by atoms with E-state index in [1.165, 1.54) is 18.2 Å². The first-order chi connectivity index (χ1) is 21.0. The van der Waals surface area contributed by atoms with Crippen LogP contribution in [0.15, 0.2) is 48.5 Å². The lowest BCUT2D eigenvalue weighted by Gasteiger charge is -2.31. The van der Waals surface area contributed by atoms with Crippen molar-refractivity contribution in [3.8, 4) is 11.5 Å². The molecule has 0 aromatic heterocycles. The average molecular weight is 632 g/mol. The number of hydrogen-bond acceptors (Lipinski definition) is 11. The van der Waals surface area contributed by atoms with Crippen molar-refractivity contribution in [2.45, 2.75) is 85.2 Å². The highest BCUT2D eigenvalue weighted by atomic mass is 16.7. The van der Waals surface area contributed by atoms with Gasteiger partial charge >= 0.3 is 30.3 Å². The van der Waals surface area contributed by atoms with Gasteiger partial charge in [-0.25, -0.2) is 24.0 Å². The summed E-state index contributed by atoms with van der Waals surface area (Å²) in [6.45, 7) is 12.6. The van der Waals surface area contributed by atoms with Gasteiger partial charge in [-0.05, 0) is 84.2 Å². The van der Waals surface area contributed by atoms with Crippen molar-refractivity contribution in [3.05, 3.63) is 59.7 Å². The molecule has 0 saturated carbocycles. The van der Waals surface area contributed by atoms with Crippen molar-refractivity contribution >= 4 is 30.3 Å². The van der Waals surface area contributed by atoms with Gasteiger partial charge in [-0.15, -0.1) is 0 Å². The summed E-state index contributed by atoms with van der Waals surface area (Å²) in [5.41, 5.74) is -0.420. The minimum absolute atomic E-state index is 0.221. The van der Waals surface area contributed by atoms with Crippen LogP contribution in [-0.2, 0) is 23.7 Å². The van der Waals surface area contributed by atoms with E-state index in [2.05, 4.69) is 5.32 Å². The number of carboxylic acids is 1. The fourth-order valence-corrected chi connectivity index (χ4v) is 4.07. The van der Waals surface area contributed by atoms with E-state index in [9.17, 15) is 29.1 Å². The third-order valence-corrected chi connectivity index (χ3v) is 5.80. The molecular weight excluding hydrogens is 590 g/mol. The lowest BCUT2D eigenvalue weighted by Crippen LogP contribution is -2.48. The van der Waals surface area contributed by atoms with Crippen molar-refractivity contribution in [2.24, 2.45) is 5.92 Å². The Morgan fingerprint density at radius 1 is 0.800 bits per heavy atom. The third kappa shape index (κ3) is 12.4.